The monoisotopic (exact) mass is 310 g/mol. The van der Waals surface area contributed by atoms with Gasteiger partial charge in [0.05, 0.1) is 6.61 Å². The first-order chi connectivity index (χ1) is 9.88. The van der Waals surface area contributed by atoms with Gasteiger partial charge in [-0.2, -0.15) is 0 Å². The van der Waals surface area contributed by atoms with Crippen molar-refractivity contribution in [3.8, 4) is 0 Å². The first kappa shape index (κ1) is 17.2. The van der Waals surface area contributed by atoms with Crippen LogP contribution in [0.1, 0.15) is 32.3 Å². The van der Waals surface area contributed by atoms with Crippen LogP contribution >= 0.6 is 11.6 Å². The largest absolute Gasteiger partial charge is 0.480 e. The minimum absolute atomic E-state index is 0.0159. The summed E-state index contributed by atoms with van der Waals surface area (Å²) < 4.78 is 5.00. The van der Waals surface area contributed by atoms with Crippen LogP contribution in [-0.4, -0.2) is 23.7 Å². The molecule has 0 saturated heterocycles. The number of carbonyl (C=O) groups excluding carboxylic acids is 1. The van der Waals surface area contributed by atoms with Gasteiger partial charge in [-0.05, 0) is 37.5 Å². The van der Waals surface area contributed by atoms with Gasteiger partial charge in [-0.1, -0.05) is 42.8 Å². The van der Waals surface area contributed by atoms with Crippen molar-refractivity contribution in [2.45, 2.75) is 32.1 Å². The summed E-state index contributed by atoms with van der Waals surface area (Å²) in [5, 5.41) is 10.1. The summed E-state index contributed by atoms with van der Waals surface area (Å²) in [5.74, 6) is -2.06. The van der Waals surface area contributed by atoms with E-state index < -0.39 is 17.4 Å². The molecule has 21 heavy (non-hydrogen) atoms. The van der Waals surface area contributed by atoms with Crippen LogP contribution in [0.5, 0.6) is 0 Å². The van der Waals surface area contributed by atoms with Crippen molar-refractivity contribution in [3.05, 3.63) is 47.0 Å². The van der Waals surface area contributed by atoms with Crippen molar-refractivity contribution in [1.82, 2.24) is 0 Å². The zero-order valence-electron chi connectivity index (χ0n) is 12.2. The predicted octanol–water partition coefficient (Wildman–Crippen LogP) is 3.58. The van der Waals surface area contributed by atoms with Gasteiger partial charge >= 0.3 is 11.9 Å². The number of benzene rings is 1. The van der Waals surface area contributed by atoms with Crippen LogP contribution in [0.15, 0.2) is 36.4 Å². The number of esters is 1. The highest BCUT2D eigenvalue weighted by atomic mass is 35.5. The molecule has 0 fully saturated rings. The van der Waals surface area contributed by atoms with Gasteiger partial charge < -0.3 is 9.84 Å². The Kier molecular flexibility index (Phi) is 5.97. The summed E-state index contributed by atoms with van der Waals surface area (Å²) in [6.45, 7) is 7.43. The first-order valence-corrected chi connectivity index (χ1v) is 7.09. The maximum Gasteiger partial charge on any atom is 0.328 e. The Morgan fingerprint density at radius 2 is 2.05 bits per heavy atom. The van der Waals surface area contributed by atoms with Crippen molar-refractivity contribution in [1.29, 1.82) is 0 Å². The van der Waals surface area contributed by atoms with Gasteiger partial charge in [-0.25, -0.2) is 0 Å². The smallest absolute Gasteiger partial charge is 0.328 e. The number of carboxylic acid groups (broad SMARTS) is 1. The summed E-state index contributed by atoms with van der Waals surface area (Å²) in [5.41, 5.74) is -0.852. The fourth-order valence-corrected chi connectivity index (χ4v) is 2.28. The molecule has 1 N–H and O–H groups in total. The van der Waals surface area contributed by atoms with E-state index in [1.165, 1.54) is 6.07 Å². The van der Waals surface area contributed by atoms with Crippen molar-refractivity contribution in [2.24, 2.45) is 0 Å². The van der Waals surface area contributed by atoms with Gasteiger partial charge in [0, 0.05) is 5.02 Å². The Labute approximate surface area is 129 Å². The van der Waals surface area contributed by atoms with E-state index >= 15 is 0 Å². The third-order valence-corrected chi connectivity index (χ3v) is 3.56. The number of ether oxygens (including phenoxy) is 1. The first-order valence-electron chi connectivity index (χ1n) is 6.71. The highest BCUT2D eigenvalue weighted by Gasteiger charge is 2.49. The predicted molar refractivity (Wildman–Crippen MR) is 81.4 cm³/mol. The summed E-state index contributed by atoms with van der Waals surface area (Å²) >= 11 is 5.94. The molecule has 0 aliphatic carbocycles. The molecule has 0 aliphatic heterocycles. The number of aliphatic carboxylic acids is 1. The van der Waals surface area contributed by atoms with Crippen LogP contribution in [0.25, 0.3) is 0 Å². The zero-order chi connectivity index (χ0) is 16.0. The second-order valence-electron chi connectivity index (χ2n) is 4.72. The second-order valence-corrected chi connectivity index (χ2v) is 5.16. The molecule has 4 nitrogen and oxygen atoms in total. The summed E-state index contributed by atoms with van der Waals surface area (Å²) in [6, 6.07) is 6.29. The van der Waals surface area contributed by atoms with E-state index in [-0.39, 0.29) is 13.0 Å². The summed E-state index contributed by atoms with van der Waals surface area (Å²) in [6.07, 6.45) is 0.563. The lowest BCUT2D eigenvalue weighted by Gasteiger charge is -2.28. The number of hydrogen-bond donors (Lipinski definition) is 1. The third kappa shape index (κ3) is 3.64. The number of halogens is 1. The molecule has 1 unspecified atom stereocenters. The molecule has 0 bridgehead atoms. The lowest BCUT2D eigenvalue weighted by atomic mass is 9.75. The topological polar surface area (TPSA) is 63.6 Å². The Morgan fingerprint density at radius 3 is 2.52 bits per heavy atom. The minimum Gasteiger partial charge on any atom is -0.480 e. The number of allylic oxidation sites excluding steroid dienone is 1. The highest BCUT2D eigenvalue weighted by Crippen LogP contribution is 2.35. The SMILES string of the molecule is C=C(CC)CC(C(=O)O)(C(=O)OCC)c1cccc(Cl)c1. The van der Waals surface area contributed by atoms with Gasteiger partial charge in [0.25, 0.3) is 0 Å². The maximum absolute atomic E-state index is 12.4. The molecule has 114 valence electrons. The average Bonchev–Trinajstić information content (AvgIpc) is 2.44. The number of carboxylic acids is 1. The Balaban J connectivity index is 3.47. The lowest BCUT2D eigenvalue weighted by molar-refractivity contribution is -0.161. The molecule has 5 heteroatoms. The molecular weight excluding hydrogens is 292 g/mol. The molecule has 0 aromatic heterocycles. The Hall–Kier alpha value is -1.81. The quantitative estimate of drug-likeness (QED) is 0.475. The van der Waals surface area contributed by atoms with E-state index in [1.807, 2.05) is 6.92 Å². The van der Waals surface area contributed by atoms with Crippen LogP contribution in [0.4, 0.5) is 0 Å². The fourth-order valence-electron chi connectivity index (χ4n) is 2.09. The molecular formula is C16H19ClO4. The molecule has 0 saturated carbocycles. The van der Waals surface area contributed by atoms with E-state index in [9.17, 15) is 14.7 Å². The number of rotatable bonds is 7. The van der Waals surface area contributed by atoms with Crippen LogP contribution in [-0.2, 0) is 19.7 Å². The van der Waals surface area contributed by atoms with E-state index in [0.717, 1.165) is 0 Å². The second kappa shape index (κ2) is 7.27. The standard InChI is InChI=1S/C16H19ClO4/c1-4-11(3)10-16(14(18)19,15(20)21-5-2)12-7-6-8-13(17)9-12/h6-9H,3-5,10H2,1-2H3,(H,18,19). The van der Waals surface area contributed by atoms with Crippen LogP contribution < -0.4 is 0 Å². The average molecular weight is 311 g/mol. The molecule has 1 atom stereocenters. The van der Waals surface area contributed by atoms with Crippen molar-refractivity contribution in [2.75, 3.05) is 6.61 Å². The van der Waals surface area contributed by atoms with E-state index in [0.29, 0.717) is 22.6 Å². The summed E-state index contributed by atoms with van der Waals surface area (Å²) in [7, 11) is 0. The summed E-state index contributed by atoms with van der Waals surface area (Å²) in [4.78, 5) is 24.3. The van der Waals surface area contributed by atoms with Crippen molar-refractivity contribution in [3.63, 3.8) is 0 Å². The zero-order valence-corrected chi connectivity index (χ0v) is 12.9. The maximum atomic E-state index is 12.4. The van der Waals surface area contributed by atoms with Crippen LogP contribution in [0, 0.1) is 0 Å². The lowest BCUT2D eigenvalue weighted by Crippen LogP contribution is -2.45. The van der Waals surface area contributed by atoms with Gasteiger partial charge in [0.15, 0.2) is 5.41 Å². The van der Waals surface area contributed by atoms with Crippen LogP contribution in [0.2, 0.25) is 5.02 Å². The van der Waals surface area contributed by atoms with Gasteiger partial charge in [-0.3, -0.25) is 9.59 Å². The molecule has 0 heterocycles. The molecule has 1 aromatic carbocycles. The molecule has 0 spiro atoms. The van der Waals surface area contributed by atoms with Gasteiger partial charge in [0.2, 0.25) is 0 Å². The normalized spacial score (nSPS) is 13.3. The van der Waals surface area contributed by atoms with Crippen LogP contribution in [0.3, 0.4) is 0 Å². The molecule has 0 aliphatic rings. The molecule has 1 rings (SSSR count). The third-order valence-electron chi connectivity index (χ3n) is 3.32. The molecule has 0 radical (unpaired) electrons. The van der Waals surface area contributed by atoms with E-state index in [2.05, 4.69) is 6.58 Å². The number of hydrogen-bond acceptors (Lipinski definition) is 3. The van der Waals surface area contributed by atoms with Gasteiger partial charge in [-0.15, -0.1) is 0 Å². The van der Waals surface area contributed by atoms with Crippen molar-refractivity contribution >= 4 is 23.5 Å². The van der Waals surface area contributed by atoms with Crippen molar-refractivity contribution < 1.29 is 19.4 Å². The van der Waals surface area contributed by atoms with E-state index in [4.69, 9.17) is 16.3 Å². The fraction of sp³-hybridized carbons (Fsp3) is 0.375. The number of carbonyl (C=O) groups is 2. The highest BCUT2D eigenvalue weighted by molar-refractivity contribution is 6.30. The molecule has 1 aromatic rings. The minimum atomic E-state index is -1.81. The molecule has 0 amide bonds. The Morgan fingerprint density at radius 1 is 1.38 bits per heavy atom. The van der Waals surface area contributed by atoms with Gasteiger partial charge in [0.1, 0.15) is 0 Å². The Bertz CT molecular complexity index is 553. The van der Waals surface area contributed by atoms with E-state index in [1.54, 1.807) is 25.1 Å².